The standard InChI is InChI=1S/C25H32N4O5S2/c1-16-22(34-19-7-11-33-12-8-19)21-23(35-16)20(27-25(28-21)29-9-5-4-6-10-29)17-13-18(15-36(3,30)31)24(32-2)26-14-17/h13-14,19H,4-12,15H2,1-3H3. The van der Waals surface area contributed by atoms with E-state index in [0.717, 1.165) is 70.9 Å². The highest BCUT2D eigenvalue weighted by Gasteiger charge is 2.25. The minimum atomic E-state index is -3.28. The molecule has 0 unspecified atom stereocenters. The maximum absolute atomic E-state index is 12.1. The summed E-state index contributed by atoms with van der Waals surface area (Å²) in [7, 11) is -1.79. The van der Waals surface area contributed by atoms with Crippen molar-refractivity contribution in [1.29, 1.82) is 0 Å². The first-order valence-corrected chi connectivity index (χ1v) is 15.2. The Morgan fingerprint density at radius 2 is 1.92 bits per heavy atom. The monoisotopic (exact) mass is 532 g/mol. The first kappa shape index (κ1) is 25.2. The van der Waals surface area contributed by atoms with Gasteiger partial charge in [-0.2, -0.15) is 0 Å². The van der Waals surface area contributed by atoms with Crippen LogP contribution < -0.4 is 14.4 Å². The van der Waals surface area contributed by atoms with E-state index in [1.54, 1.807) is 17.5 Å². The highest BCUT2D eigenvalue weighted by Crippen LogP contribution is 2.43. The molecular weight excluding hydrogens is 500 g/mol. The summed E-state index contributed by atoms with van der Waals surface area (Å²) >= 11 is 1.60. The van der Waals surface area contributed by atoms with E-state index in [0.29, 0.717) is 30.6 Å². The van der Waals surface area contributed by atoms with Crippen molar-refractivity contribution < 1.29 is 22.6 Å². The van der Waals surface area contributed by atoms with Crippen molar-refractivity contribution in [1.82, 2.24) is 15.0 Å². The summed E-state index contributed by atoms with van der Waals surface area (Å²) < 4.78 is 42.4. The van der Waals surface area contributed by atoms with E-state index in [-0.39, 0.29) is 11.9 Å². The second kappa shape index (κ2) is 10.5. The zero-order valence-electron chi connectivity index (χ0n) is 20.9. The molecule has 5 heterocycles. The third kappa shape index (κ3) is 5.42. The molecule has 2 aliphatic heterocycles. The number of nitrogens with zero attached hydrogens (tertiary/aromatic N) is 4. The number of fused-ring (bicyclic) bond motifs is 1. The maximum Gasteiger partial charge on any atom is 0.226 e. The smallest absolute Gasteiger partial charge is 0.226 e. The first-order chi connectivity index (χ1) is 17.3. The van der Waals surface area contributed by atoms with Crippen LogP contribution in [0.25, 0.3) is 21.5 Å². The number of rotatable bonds is 7. The molecule has 0 amide bonds. The molecule has 0 aromatic carbocycles. The molecule has 0 spiro atoms. The highest BCUT2D eigenvalue weighted by atomic mass is 32.2. The Labute approximate surface area is 215 Å². The van der Waals surface area contributed by atoms with Crippen molar-refractivity contribution in [2.45, 2.75) is 50.9 Å². The Kier molecular flexibility index (Phi) is 7.32. The lowest BCUT2D eigenvalue weighted by molar-refractivity contribution is 0.0260. The van der Waals surface area contributed by atoms with E-state index in [1.807, 2.05) is 13.0 Å². The Morgan fingerprint density at radius 1 is 1.17 bits per heavy atom. The van der Waals surface area contributed by atoms with Crippen LogP contribution in [0.1, 0.15) is 42.5 Å². The predicted octanol–water partition coefficient (Wildman–Crippen LogP) is 4.16. The molecule has 5 rings (SSSR count). The van der Waals surface area contributed by atoms with Crippen LogP contribution in [0.5, 0.6) is 11.6 Å². The van der Waals surface area contributed by atoms with Crippen LogP contribution in [0.3, 0.4) is 0 Å². The second-order valence-electron chi connectivity index (χ2n) is 9.48. The van der Waals surface area contributed by atoms with E-state index in [4.69, 9.17) is 24.2 Å². The number of anilines is 1. The first-order valence-electron chi connectivity index (χ1n) is 12.3. The largest absolute Gasteiger partial charge is 0.487 e. The third-order valence-electron chi connectivity index (χ3n) is 6.55. The minimum absolute atomic E-state index is 0.0936. The normalized spacial score (nSPS) is 17.5. The fraction of sp³-hybridized carbons (Fsp3) is 0.560. The van der Waals surface area contributed by atoms with Crippen molar-refractivity contribution in [3.63, 3.8) is 0 Å². The van der Waals surface area contributed by atoms with Gasteiger partial charge in [0.25, 0.3) is 0 Å². The number of hydrogen-bond donors (Lipinski definition) is 0. The van der Waals surface area contributed by atoms with Crippen LogP contribution in [0.15, 0.2) is 12.3 Å². The number of thiophene rings is 1. The number of aromatic nitrogens is 3. The fourth-order valence-electron chi connectivity index (χ4n) is 4.78. The van der Waals surface area contributed by atoms with Crippen molar-refractivity contribution >= 4 is 37.3 Å². The second-order valence-corrected chi connectivity index (χ2v) is 12.8. The molecule has 2 aliphatic rings. The quantitative estimate of drug-likeness (QED) is 0.444. The molecule has 0 N–H and O–H groups in total. The third-order valence-corrected chi connectivity index (χ3v) is 8.46. The molecule has 194 valence electrons. The van der Waals surface area contributed by atoms with Gasteiger partial charge in [-0.25, -0.2) is 23.4 Å². The van der Waals surface area contributed by atoms with E-state index in [1.165, 1.54) is 19.8 Å². The van der Waals surface area contributed by atoms with Crippen LogP contribution in [0, 0.1) is 6.92 Å². The van der Waals surface area contributed by atoms with Crippen LogP contribution in [-0.2, 0) is 20.3 Å². The Hall–Kier alpha value is -2.50. The van der Waals surface area contributed by atoms with Gasteiger partial charge in [0.15, 0.2) is 15.6 Å². The van der Waals surface area contributed by atoms with Gasteiger partial charge in [0, 0.05) is 54.4 Å². The average Bonchev–Trinajstić information content (AvgIpc) is 3.18. The molecule has 0 atom stereocenters. The zero-order valence-corrected chi connectivity index (χ0v) is 22.6. The van der Waals surface area contributed by atoms with Crippen LogP contribution in [-0.4, -0.2) is 69.1 Å². The number of piperidine rings is 1. The lowest BCUT2D eigenvalue weighted by Gasteiger charge is -2.27. The van der Waals surface area contributed by atoms with Gasteiger partial charge in [-0.3, -0.25) is 0 Å². The summed E-state index contributed by atoms with van der Waals surface area (Å²) in [6.45, 7) is 5.26. The van der Waals surface area contributed by atoms with Gasteiger partial charge in [-0.05, 0) is 32.3 Å². The maximum atomic E-state index is 12.1. The van der Waals surface area contributed by atoms with Gasteiger partial charge in [-0.15, -0.1) is 11.3 Å². The van der Waals surface area contributed by atoms with E-state index in [2.05, 4.69) is 9.88 Å². The minimum Gasteiger partial charge on any atom is -0.487 e. The van der Waals surface area contributed by atoms with Crippen molar-refractivity contribution in [3.8, 4) is 22.9 Å². The van der Waals surface area contributed by atoms with Crippen molar-refractivity contribution in [2.24, 2.45) is 0 Å². The van der Waals surface area contributed by atoms with Crippen LogP contribution >= 0.6 is 11.3 Å². The molecule has 3 aromatic rings. The van der Waals surface area contributed by atoms with Gasteiger partial charge in [0.05, 0.1) is 36.5 Å². The summed E-state index contributed by atoms with van der Waals surface area (Å²) in [5.74, 6) is 1.62. The highest BCUT2D eigenvalue weighted by molar-refractivity contribution is 7.89. The Bertz CT molecular complexity index is 1350. The lowest BCUT2D eigenvalue weighted by Crippen LogP contribution is -2.31. The molecule has 2 fully saturated rings. The van der Waals surface area contributed by atoms with Crippen LogP contribution in [0.2, 0.25) is 0 Å². The number of aryl methyl sites for hydroxylation is 1. The summed E-state index contributed by atoms with van der Waals surface area (Å²) in [6, 6.07) is 1.82. The van der Waals surface area contributed by atoms with Gasteiger partial charge in [0.2, 0.25) is 11.8 Å². The summed E-state index contributed by atoms with van der Waals surface area (Å²) in [6.07, 6.45) is 8.12. The van der Waals surface area contributed by atoms with Crippen molar-refractivity contribution in [2.75, 3.05) is 44.6 Å². The number of hydrogen-bond acceptors (Lipinski definition) is 10. The SMILES string of the molecule is COc1ncc(-c2nc(N3CCCCC3)nc3c(OC4CCOCC4)c(C)sc23)cc1CS(C)(=O)=O. The van der Waals surface area contributed by atoms with Gasteiger partial charge >= 0.3 is 0 Å². The molecule has 2 saturated heterocycles. The summed E-state index contributed by atoms with van der Waals surface area (Å²) in [5, 5.41) is 0. The summed E-state index contributed by atoms with van der Waals surface area (Å²) in [5.41, 5.74) is 2.78. The molecule has 0 bridgehead atoms. The number of methoxy groups -OCH3 is 1. The molecule has 3 aromatic heterocycles. The fourth-order valence-corrected chi connectivity index (χ4v) is 6.59. The zero-order chi connectivity index (χ0) is 25.3. The summed E-state index contributed by atoms with van der Waals surface area (Å²) in [4.78, 5) is 17.7. The van der Waals surface area contributed by atoms with E-state index < -0.39 is 9.84 Å². The molecule has 0 aliphatic carbocycles. The molecule has 0 saturated carbocycles. The molecule has 0 radical (unpaired) electrons. The topological polar surface area (TPSA) is 104 Å². The number of sulfone groups is 1. The molecule has 11 heteroatoms. The van der Waals surface area contributed by atoms with Crippen LogP contribution in [0.4, 0.5) is 5.95 Å². The van der Waals surface area contributed by atoms with E-state index >= 15 is 0 Å². The van der Waals surface area contributed by atoms with Gasteiger partial charge < -0.3 is 19.1 Å². The average molecular weight is 533 g/mol. The molecule has 9 nitrogen and oxygen atoms in total. The number of ether oxygens (including phenoxy) is 3. The molecule has 36 heavy (non-hydrogen) atoms. The number of pyridine rings is 1. The van der Waals surface area contributed by atoms with Crippen molar-refractivity contribution in [3.05, 3.63) is 22.7 Å². The van der Waals surface area contributed by atoms with Gasteiger partial charge in [-0.1, -0.05) is 0 Å². The molecular formula is C25H32N4O5S2. The van der Waals surface area contributed by atoms with Gasteiger partial charge in [0.1, 0.15) is 11.6 Å². The lowest BCUT2D eigenvalue weighted by atomic mass is 10.1. The Morgan fingerprint density at radius 3 is 2.61 bits per heavy atom. The van der Waals surface area contributed by atoms with E-state index in [9.17, 15) is 8.42 Å². The predicted molar refractivity (Wildman–Crippen MR) is 141 cm³/mol. The Balaban J connectivity index is 1.65.